The van der Waals surface area contributed by atoms with E-state index in [0.717, 1.165) is 0 Å². The van der Waals surface area contributed by atoms with Crippen LogP contribution in [0, 0.1) is 0 Å². The van der Waals surface area contributed by atoms with E-state index in [0.29, 0.717) is 17.0 Å². The lowest BCUT2D eigenvalue weighted by atomic mass is 10.2. The summed E-state index contributed by atoms with van der Waals surface area (Å²) in [6.45, 7) is 5.01. The molecule has 0 unspecified atom stereocenters. The molecule has 0 aliphatic rings. The van der Waals surface area contributed by atoms with Crippen molar-refractivity contribution in [2.75, 3.05) is 12.4 Å². The molecule has 0 fully saturated rings. The normalized spacial score (nSPS) is 11.9. The lowest BCUT2D eigenvalue weighted by molar-refractivity contribution is 0.0635. The summed E-state index contributed by atoms with van der Waals surface area (Å²) in [6, 6.07) is 4.64. The maximum Gasteiger partial charge on any atom is 0.412 e. The summed E-state index contributed by atoms with van der Waals surface area (Å²) < 4.78 is 36.3. The molecule has 9 heteroatoms. The van der Waals surface area contributed by atoms with Crippen molar-refractivity contribution >= 4 is 22.1 Å². The van der Waals surface area contributed by atoms with Crippen molar-refractivity contribution in [2.24, 2.45) is 5.14 Å². The number of carbonyl (C=O) groups excluding carboxylic acids is 1. The van der Waals surface area contributed by atoms with Crippen molar-refractivity contribution in [3.8, 4) is 5.75 Å². The van der Waals surface area contributed by atoms with E-state index in [1.807, 2.05) is 0 Å². The first kappa shape index (κ1) is 18.2. The molecular weight excluding hydrogens is 312 g/mol. The minimum Gasteiger partial charge on any atom is -0.495 e. The standard InChI is InChI=1S/C13H20N2O6S/c1-13(2,3)21-12(16)15-10-6-5-9(7-11(10)19-4)8-20-22(14,17)18/h5-7H,8H2,1-4H3,(H,15,16)(H2,14,17,18). The summed E-state index contributed by atoms with van der Waals surface area (Å²) in [7, 11) is -2.61. The molecule has 124 valence electrons. The smallest absolute Gasteiger partial charge is 0.412 e. The van der Waals surface area contributed by atoms with Crippen LogP contribution in [-0.4, -0.2) is 27.2 Å². The Morgan fingerprint density at radius 3 is 2.45 bits per heavy atom. The Balaban J connectivity index is 2.83. The number of nitrogens with one attached hydrogen (secondary N) is 1. The molecule has 1 amide bonds. The first-order valence-corrected chi connectivity index (χ1v) is 7.81. The molecule has 0 saturated heterocycles. The van der Waals surface area contributed by atoms with Gasteiger partial charge in [0.25, 0.3) is 0 Å². The van der Waals surface area contributed by atoms with Crippen LogP contribution < -0.4 is 15.2 Å². The number of carbonyl (C=O) groups is 1. The highest BCUT2D eigenvalue weighted by atomic mass is 32.2. The van der Waals surface area contributed by atoms with Crippen LogP contribution >= 0.6 is 0 Å². The molecule has 0 spiro atoms. The van der Waals surface area contributed by atoms with E-state index < -0.39 is 22.0 Å². The van der Waals surface area contributed by atoms with Gasteiger partial charge in [0.05, 0.1) is 19.4 Å². The van der Waals surface area contributed by atoms with Gasteiger partial charge < -0.3 is 9.47 Å². The highest BCUT2D eigenvalue weighted by Gasteiger charge is 2.17. The van der Waals surface area contributed by atoms with E-state index in [1.54, 1.807) is 32.9 Å². The van der Waals surface area contributed by atoms with Gasteiger partial charge in [0.15, 0.2) is 0 Å². The largest absolute Gasteiger partial charge is 0.495 e. The minimum atomic E-state index is -4.02. The lowest BCUT2D eigenvalue weighted by Crippen LogP contribution is -2.27. The van der Waals surface area contributed by atoms with Crippen LogP contribution in [0.3, 0.4) is 0 Å². The fourth-order valence-corrected chi connectivity index (χ4v) is 1.79. The summed E-state index contributed by atoms with van der Waals surface area (Å²) in [4.78, 5) is 11.7. The SMILES string of the molecule is COc1cc(COS(N)(=O)=O)ccc1NC(=O)OC(C)(C)C. The van der Waals surface area contributed by atoms with E-state index in [4.69, 9.17) is 14.6 Å². The molecule has 0 aromatic heterocycles. The number of rotatable bonds is 5. The quantitative estimate of drug-likeness (QED) is 0.848. The van der Waals surface area contributed by atoms with Gasteiger partial charge in [-0.1, -0.05) is 6.07 Å². The number of benzene rings is 1. The van der Waals surface area contributed by atoms with Crippen molar-refractivity contribution in [3.05, 3.63) is 23.8 Å². The van der Waals surface area contributed by atoms with Crippen molar-refractivity contribution in [1.29, 1.82) is 0 Å². The minimum absolute atomic E-state index is 0.234. The van der Waals surface area contributed by atoms with E-state index in [1.165, 1.54) is 13.2 Å². The molecule has 0 saturated carbocycles. The average molecular weight is 332 g/mol. The summed E-state index contributed by atoms with van der Waals surface area (Å²) >= 11 is 0. The fraction of sp³-hybridized carbons (Fsp3) is 0.462. The average Bonchev–Trinajstić information content (AvgIpc) is 2.34. The van der Waals surface area contributed by atoms with Crippen LogP contribution in [-0.2, 0) is 25.8 Å². The zero-order valence-corrected chi connectivity index (χ0v) is 13.7. The fourth-order valence-electron chi connectivity index (χ4n) is 1.49. The maximum atomic E-state index is 11.7. The Morgan fingerprint density at radius 2 is 1.95 bits per heavy atom. The molecule has 0 aliphatic heterocycles. The van der Waals surface area contributed by atoms with Crippen LogP contribution in [0.15, 0.2) is 18.2 Å². The van der Waals surface area contributed by atoms with E-state index in [2.05, 4.69) is 9.50 Å². The van der Waals surface area contributed by atoms with Gasteiger partial charge in [-0.15, -0.1) is 0 Å². The molecular formula is C13H20N2O6S. The van der Waals surface area contributed by atoms with Crippen LogP contribution in [0.5, 0.6) is 5.75 Å². The van der Waals surface area contributed by atoms with Gasteiger partial charge in [-0.05, 0) is 38.5 Å². The van der Waals surface area contributed by atoms with Crippen molar-refractivity contribution in [1.82, 2.24) is 0 Å². The van der Waals surface area contributed by atoms with Crippen LogP contribution in [0.2, 0.25) is 0 Å². The second-order valence-corrected chi connectivity index (χ2v) is 6.64. The topological polar surface area (TPSA) is 117 Å². The van der Waals surface area contributed by atoms with Crippen molar-refractivity contribution in [2.45, 2.75) is 33.0 Å². The number of anilines is 1. The maximum absolute atomic E-state index is 11.7. The Morgan fingerprint density at radius 1 is 1.32 bits per heavy atom. The number of hydrogen-bond acceptors (Lipinski definition) is 6. The van der Waals surface area contributed by atoms with Crippen LogP contribution in [0.1, 0.15) is 26.3 Å². The highest BCUT2D eigenvalue weighted by Crippen LogP contribution is 2.26. The van der Waals surface area contributed by atoms with E-state index in [9.17, 15) is 13.2 Å². The second kappa shape index (κ2) is 6.95. The molecule has 22 heavy (non-hydrogen) atoms. The van der Waals surface area contributed by atoms with Gasteiger partial charge in [0.1, 0.15) is 11.4 Å². The number of amides is 1. The van der Waals surface area contributed by atoms with E-state index >= 15 is 0 Å². The molecule has 0 atom stereocenters. The van der Waals surface area contributed by atoms with Gasteiger partial charge in [0, 0.05) is 0 Å². The van der Waals surface area contributed by atoms with Gasteiger partial charge in [-0.3, -0.25) is 9.50 Å². The third-order valence-corrected chi connectivity index (χ3v) is 2.74. The monoisotopic (exact) mass is 332 g/mol. The molecule has 1 aromatic rings. The number of hydrogen-bond donors (Lipinski definition) is 2. The molecule has 1 rings (SSSR count). The predicted molar refractivity (Wildman–Crippen MR) is 80.7 cm³/mol. The molecule has 3 N–H and O–H groups in total. The Bertz CT molecular complexity index is 636. The molecule has 0 radical (unpaired) electrons. The van der Waals surface area contributed by atoms with Gasteiger partial charge in [-0.2, -0.15) is 8.42 Å². The summed E-state index contributed by atoms with van der Waals surface area (Å²) in [5, 5.41) is 7.30. The summed E-state index contributed by atoms with van der Waals surface area (Å²) in [6.07, 6.45) is -0.626. The van der Waals surface area contributed by atoms with Crippen molar-refractivity contribution < 1.29 is 26.9 Å². The lowest BCUT2D eigenvalue weighted by Gasteiger charge is -2.20. The molecule has 0 bridgehead atoms. The molecule has 1 aromatic carbocycles. The van der Waals surface area contributed by atoms with Gasteiger partial charge in [-0.25, -0.2) is 9.93 Å². The summed E-state index contributed by atoms with van der Waals surface area (Å²) in [5.41, 5.74) is 0.275. The second-order valence-electron chi connectivity index (χ2n) is 5.42. The van der Waals surface area contributed by atoms with Gasteiger partial charge >= 0.3 is 16.4 Å². The van der Waals surface area contributed by atoms with Crippen LogP contribution in [0.25, 0.3) is 0 Å². The first-order chi connectivity index (χ1) is 10.00. The Kier molecular flexibility index (Phi) is 5.75. The van der Waals surface area contributed by atoms with Crippen LogP contribution in [0.4, 0.5) is 10.5 Å². The molecule has 0 heterocycles. The molecule has 8 nitrogen and oxygen atoms in total. The zero-order valence-electron chi connectivity index (χ0n) is 12.9. The third-order valence-electron chi connectivity index (χ3n) is 2.29. The third kappa shape index (κ3) is 6.74. The Labute approximate surface area is 129 Å². The zero-order chi connectivity index (χ0) is 17.0. The highest BCUT2D eigenvalue weighted by molar-refractivity contribution is 7.84. The molecule has 0 aliphatic carbocycles. The van der Waals surface area contributed by atoms with Crippen molar-refractivity contribution in [3.63, 3.8) is 0 Å². The number of methoxy groups -OCH3 is 1. The summed E-state index contributed by atoms with van der Waals surface area (Å²) in [5.74, 6) is 0.335. The number of nitrogens with two attached hydrogens (primary N) is 1. The number of ether oxygens (including phenoxy) is 2. The predicted octanol–water partition coefficient (Wildman–Crippen LogP) is 1.76. The first-order valence-electron chi connectivity index (χ1n) is 6.34. The van der Waals surface area contributed by atoms with Gasteiger partial charge in [0.2, 0.25) is 0 Å². The Hall–Kier alpha value is -1.84. The van der Waals surface area contributed by atoms with E-state index in [-0.39, 0.29) is 6.61 Å².